The second-order valence-electron chi connectivity index (χ2n) is 7.51. The Labute approximate surface area is 179 Å². The van der Waals surface area contributed by atoms with Crippen LogP contribution in [-0.4, -0.2) is 33.5 Å². The lowest BCUT2D eigenvalue weighted by molar-refractivity contribution is -0.147. The Morgan fingerprint density at radius 1 is 1.29 bits per heavy atom. The van der Waals surface area contributed by atoms with E-state index < -0.39 is 35.7 Å². The van der Waals surface area contributed by atoms with Crippen molar-refractivity contribution in [1.29, 1.82) is 0 Å². The van der Waals surface area contributed by atoms with Crippen molar-refractivity contribution in [2.45, 2.75) is 58.0 Å². The molecule has 1 aliphatic rings. The second-order valence-corrected chi connectivity index (χ2v) is 7.51. The van der Waals surface area contributed by atoms with Gasteiger partial charge < -0.3 is 9.47 Å². The zero-order valence-corrected chi connectivity index (χ0v) is 17.7. The molecule has 0 amide bonds. The van der Waals surface area contributed by atoms with Crippen LogP contribution in [0.4, 0.5) is 0 Å². The first-order chi connectivity index (χ1) is 14.8. The number of ketones is 1. The van der Waals surface area contributed by atoms with Crippen LogP contribution in [0.15, 0.2) is 58.3 Å². The highest BCUT2D eigenvalue weighted by Gasteiger charge is 2.37. The van der Waals surface area contributed by atoms with Crippen molar-refractivity contribution in [2.24, 2.45) is 0 Å². The number of benzene rings is 1. The molecule has 1 N–H and O–H groups in total. The Kier molecular flexibility index (Phi) is 7.02. The number of hydrogen-bond acceptors (Lipinski definition) is 6. The molecule has 1 aromatic carbocycles. The molecule has 0 bridgehead atoms. The molecule has 1 aliphatic heterocycles. The maximum atomic E-state index is 12.6. The standard InChI is InChI=1S/C23H26N2O6/c1-4-16-13-25(23(29)24-22(16)28)21-12-20(30-15(3)26)19(31-21)11-10-18(27)14(2)17-8-6-5-7-9-17/h5-11,13-14,19-21H,4,12H2,1-3H3,(H,24,28,29)/b11-10+/t14?,19-,20+,21-/m1/s1. The van der Waals surface area contributed by atoms with Crippen molar-refractivity contribution in [1.82, 2.24) is 9.55 Å². The van der Waals surface area contributed by atoms with Crippen LogP contribution in [0.5, 0.6) is 0 Å². The number of aryl methyl sites for hydroxylation is 1. The van der Waals surface area contributed by atoms with Gasteiger partial charge in [0, 0.05) is 31.0 Å². The molecule has 4 atom stereocenters. The van der Waals surface area contributed by atoms with Gasteiger partial charge in [-0.3, -0.25) is 23.9 Å². The number of allylic oxidation sites excluding steroid dienone is 1. The highest BCUT2D eigenvalue weighted by Crippen LogP contribution is 2.31. The average Bonchev–Trinajstić information content (AvgIpc) is 3.13. The van der Waals surface area contributed by atoms with Crippen molar-refractivity contribution in [2.75, 3.05) is 0 Å². The molecule has 2 aromatic rings. The minimum Gasteiger partial charge on any atom is -0.459 e. The number of ether oxygens (including phenoxy) is 2. The van der Waals surface area contributed by atoms with Crippen LogP contribution in [-0.2, 0) is 25.5 Å². The van der Waals surface area contributed by atoms with Crippen LogP contribution >= 0.6 is 0 Å². The third-order valence-corrected chi connectivity index (χ3v) is 5.34. The van der Waals surface area contributed by atoms with E-state index in [9.17, 15) is 19.2 Å². The summed E-state index contributed by atoms with van der Waals surface area (Å²) in [5.41, 5.74) is 0.297. The van der Waals surface area contributed by atoms with Gasteiger partial charge in [0.05, 0.1) is 0 Å². The molecule has 0 spiro atoms. The monoisotopic (exact) mass is 426 g/mol. The number of carbonyl (C=O) groups is 2. The molecule has 8 heteroatoms. The summed E-state index contributed by atoms with van der Waals surface area (Å²) < 4.78 is 12.6. The van der Waals surface area contributed by atoms with Gasteiger partial charge in [0.25, 0.3) is 5.56 Å². The number of rotatable bonds is 7. The van der Waals surface area contributed by atoms with Crippen molar-refractivity contribution in [3.05, 3.63) is 80.6 Å². The van der Waals surface area contributed by atoms with Crippen LogP contribution in [0.3, 0.4) is 0 Å². The fourth-order valence-corrected chi connectivity index (χ4v) is 3.57. The largest absolute Gasteiger partial charge is 0.459 e. The molecule has 1 saturated heterocycles. The van der Waals surface area contributed by atoms with Crippen LogP contribution in [0, 0.1) is 0 Å². The van der Waals surface area contributed by atoms with Gasteiger partial charge in [0.1, 0.15) is 18.4 Å². The molecule has 0 saturated carbocycles. The highest BCUT2D eigenvalue weighted by atomic mass is 16.6. The number of esters is 1. The summed E-state index contributed by atoms with van der Waals surface area (Å²) in [6.45, 7) is 4.91. The summed E-state index contributed by atoms with van der Waals surface area (Å²) in [6, 6.07) is 9.39. The van der Waals surface area contributed by atoms with Gasteiger partial charge in [-0.1, -0.05) is 44.2 Å². The van der Waals surface area contributed by atoms with E-state index in [4.69, 9.17) is 9.47 Å². The van der Waals surface area contributed by atoms with Gasteiger partial charge in [0.2, 0.25) is 0 Å². The van der Waals surface area contributed by atoms with E-state index in [1.807, 2.05) is 44.2 Å². The topological polar surface area (TPSA) is 107 Å². The SMILES string of the molecule is CCc1cn([C@H]2C[C@H](OC(C)=O)[C@@H](/C=C/C(=O)C(C)c3ccccc3)O2)c(=O)[nH]c1=O. The van der Waals surface area contributed by atoms with E-state index in [1.165, 1.54) is 23.8 Å². The van der Waals surface area contributed by atoms with E-state index in [0.717, 1.165) is 5.56 Å². The van der Waals surface area contributed by atoms with Crippen molar-refractivity contribution in [3.8, 4) is 0 Å². The fraction of sp³-hybridized carbons (Fsp3) is 0.391. The molecule has 0 aliphatic carbocycles. The number of aromatic nitrogens is 2. The fourth-order valence-electron chi connectivity index (χ4n) is 3.57. The van der Waals surface area contributed by atoms with E-state index in [1.54, 1.807) is 6.08 Å². The Bertz CT molecular complexity index is 1090. The number of carbonyl (C=O) groups excluding carboxylic acids is 2. The lowest BCUT2D eigenvalue weighted by Crippen LogP contribution is -2.34. The first kappa shape index (κ1) is 22.4. The van der Waals surface area contributed by atoms with Crippen molar-refractivity contribution in [3.63, 3.8) is 0 Å². The smallest absolute Gasteiger partial charge is 0.330 e. The molecule has 31 heavy (non-hydrogen) atoms. The summed E-state index contributed by atoms with van der Waals surface area (Å²) in [4.78, 5) is 50.6. The predicted octanol–water partition coefficient (Wildman–Crippen LogP) is 2.25. The van der Waals surface area contributed by atoms with Gasteiger partial charge >= 0.3 is 11.7 Å². The molecule has 1 unspecified atom stereocenters. The van der Waals surface area contributed by atoms with Crippen molar-refractivity contribution < 1.29 is 19.1 Å². The second kappa shape index (κ2) is 9.70. The van der Waals surface area contributed by atoms with Gasteiger partial charge in [-0.2, -0.15) is 0 Å². The Morgan fingerprint density at radius 3 is 2.65 bits per heavy atom. The molecule has 1 fully saturated rings. The number of aromatic amines is 1. The number of nitrogens with one attached hydrogen (secondary N) is 1. The molecule has 8 nitrogen and oxygen atoms in total. The van der Waals surface area contributed by atoms with Crippen LogP contribution in [0.1, 0.15) is 50.5 Å². The maximum absolute atomic E-state index is 12.6. The van der Waals surface area contributed by atoms with Gasteiger partial charge in [-0.25, -0.2) is 4.79 Å². The lowest BCUT2D eigenvalue weighted by atomic mass is 9.96. The first-order valence-corrected chi connectivity index (χ1v) is 10.2. The minimum absolute atomic E-state index is 0.116. The summed E-state index contributed by atoms with van der Waals surface area (Å²) in [5.74, 6) is -0.940. The summed E-state index contributed by atoms with van der Waals surface area (Å²) in [7, 11) is 0. The molecule has 164 valence electrons. The third-order valence-electron chi connectivity index (χ3n) is 5.34. The average molecular weight is 426 g/mol. The Hall–Kier alpha value is -3.26. The van der Waals surface area contributed by atoms with E-state index in [0.29, 0.717) is 12.0 Å². The highest BCUT2D eigenvalue weighted by molar-refractivity contribution is 5.95. The van der Waals surface area contributed by atoms with Crippen LogP contribution in [0.2, 0.25) is 0 Å². The van der Waals surface area contributed by atoms with E-state index in [2.05, 4.69) is 4.98 Å². The molecular formula is C23H26N2O6. The summed E-state index contributed by atoms with van der Waals surface area (Å²) >= 11 is 0. The normalized spacial score (nSPS) is 21.8. The van der Waals surface area contributed by atoms with E-state index in [-0.39, 0.29) is 18.1 Å². The number of hydrogen-bond donors (Lipinski definition) is 1. The molecule has 3 rings (SSSR count). The molecule has 2 heterocycles. The lowest BCUT2D eigenvalue weighted by Gasteiger charge is -2.15. The molecule has 1 aromatic heterocycles. The Balaban J connectivity index is 1.81. The summed E-state index contributed by atoms with van der Waals surface area (Å²) in [6.07, 6.45) is 3.01. The van der Waals surface area contributed by atoms with Gasteiger partial charge in [-0.15, -0.1) is 0 Å². The summed E-state index contributed by atoms with van der Waals surface area (Å²) in [5, 5.41) is 0. The van der Waals surface area contributed by atoms with Gasteiger partial charge in [-0.05, 0) is 24.1 Å². The first-order valence-electron chi connectivity index (χ1n) is 10.2. The van der Waals surface area contributed by atoms with Crippen molar-refractivity contribution >= 4 is 11.8 Å². The molecule has 0 radical (unpaired) electrons. The van der Waals surface area contributed by atoms with Crippen LogP contribution in [0.25, 0.3) is 0 Å². The molecular weight excluding hydrogens is 400 g/mol. The van der Waals surface area contributed by atoms with Crippen LogP contribution < -0.4 is 11.2 Å². The third kappa shape index (κ3) is 5.27. The van der Waals surface area contributed by atoms with E-state index >= 15 is 0 Å². The predicted molar refractivity (Wildman–Crippen MR) is 114 cm³/mol. The quantitative estimate of drug-likeness (QED) is 0.537. The zero-order chi connectivity index (χ0) is 22.5. The Morgan fingerprint density at radius 2 is 2.00 bits per heavy atom. The number of H-pyrrole nitrogens is 1. The zero-order valence-electron chi connectivity index (χ0n) is 17.7. The minimum atomic E-state index is -0.740. The van der Waals surface area contributed by atoms with Gasteiger partial charge in [0.15, 0.2) is 5.78 Å². The maximum Gasteiger partial charge on any atom is 0.330 e. The number of nitrogens with zero attached hydrogens (tertiary/aromatic N) is 1.